The number of rotatable bonds is 4. The lowest BCUT2D eigenvalue weighted by Gasteiger charge is -2.09. The topological polar surface area (TPSA) is 54.1 Å². The molecule has 2 N–H and O–H groups in total. The van der Waals surface area contributed by atoms with Gasteiger partial charge in [0.1, 0.15) is 5.75 Å². The zero-order valence-electron chi connectivity index (χ0n) is 14.2. The maximum Gasteiger partial charge on any atom is 0.262 e. The van der Waals surface area contributed by atoms with Crippen molar-refractivity contribution < 1.29 is 9.53 Å². The first-order valence-electron chi connectivity index (χ1n) is 8.29. The van der Waals surface area contributed by atoms with E-state index < -0.39 is 0 Å². The van der Waals surface area contributed by atoms with Crippen LogP contribution < -0.4 is 10.1 Å². The molecule has 1 heterocycles. The first-order valence-corrected chi connectivity index (χ1v) is 9.09. The summed E-state index contributed by atoms with van der Waals surface area (Å²) in [4.78, 5) is 15.5. The number of halogens is 1. The van der Waals surface area contributed by atoms with Gasteiger partial charge in [-0.3, -0.25) is 4.79 Å². The maximum absolute atomic E-state index is 12.2. The molecule has 26 heavy (non-hydrogen) atoms. The molecule has 5 heteroatoms. The number of aryl methyl sites for hydroxylation is 1. The van der Waals surface area contributed by atoms with Gasteiger partial charge < -0.3 is 15.0 Å². The van der Waals surface area contributed by atoms with Crippen LogP contribution in [0.1, 0.15) is 5.56 Å². The second kappa shape index (κ2) is 6.84. The zero-order chi connectivity index (χ0) is 18.1. The van der Waals surface area contributed by atoms with Gasteiger partial charge in [-0.2, -0.15) is 0 Å². The summed E-state index contributed by atoms with van der Waals surface area (Å²) in [6.45, 7) is 1.95. The molecule has 0 saturated heterocycles. The highest BCUT2D eigenvalue weighted by Crippen LogP contribution is 2.28. The van der Waals surface area contributed by atoms with Crippen LogP contribution in [-0.4, -0.2) is 17.5 Å². The molecular weight excluding hydrogens is 392 g/mol. The zero-order valence-corrected chi connectivity index (χ0v) is 15.8. The average Bonchev–Trinajstić information content (AvgIpc) is 3.00. The standard InChI is InChI=1S/C21H17BrN2O2/c1-13-6-9-19(17(22)10-13)24-21(25)12-26-14-7-8-16-15-4-2-3-5-18(15)23-20(16)11-14/h2-11,23H,12H2,1H3,(H,24,25). The van der Waals surface area contributed by atoms with Crippen LogP contribution in [0, 0.1) is 6.92 Å². The lowest BCUT2D eigenvalue weighted by atomic mass is 10.1. The number of H-pyrrole nitrogens is 1. The molecule has 130 valence electrons. The van der Waals surface area contributed by atoms with Crippen LogP contribution in [0.4, 0.5) is 5.69 Å². The second-order valence-corrected chi connectivity index (χ2v) is 7.05. The smallest absolute Gasteiger partial charge is 0.262 e. The summed E-state index contributed by atoms with van der Waals surface area (Å²) in [5.41, 5.74) is 3.93. The molecule has 0 atom stereocenters. The molecule has 3 aromatic carbocycles. The first kappa shape index (κ1) is 16.7. The van der Waals surface area contributed by atoms with Crippen molar-refractivity contribution in [3.63, 3.8) is 0 Å². The highest BCUT2D eigenvalue weighted by Gasteiger charge is 2.08. The van der Waals surface area contributed by atoms with Crippen molar-refractivity contribution >= 4 is 49.3 Å². The molecule has 0 aliphatic rings. The van der Waals surface area contributed by atoms with Gasteiger partial charge >= 0.3 is 0 Å². The minimum Gasteiger partial charge on any atom is -0.484 e. The molecular formula is C21H17BrN2O2. The third-order valence-corrected chi connectivity index (χ3v) is 4.90. The molecule has 0 bridgehead atoms. The van der Waals surface area contributed by atoms with E-state index in [1.165, 1.54) is 5.39 Å². The summed E-state index contributed by atoms with van der Waals surface area (Å²) >= 11 is 3.46. The number of ether oxygens (including phenoxy) is 1. The molecule has 4 rings (SSSR count). The monoisotopic (exact) mass is 408 g/mol. The molecule has 0 spiro atoms. The molecule has 0 saturated carbocycles. The Kier molecular flexibility index (Phi) is 4.39. The van der Waals surface area contributed by atoms with Gasteiger partial charge in [0, 0.05) is 26.8 Å². The Morgan fingerprint density at radius 2 is 1.85 bits per heavy atom. The van der Waals surface area contributed by atoms with E-state index in [4.69, 9.17) is 4.74 Å². The maximum atomic E-state index is 12.2. The van der Waals surface area contributed by atoms with Crippen molar-refractivity contribution in [2.24, 2.45) is 0 Å². The van der Waals surface area contributed by atoms with E-state index in [0.717, 1.165) is 32.1 Å². The number of hydrogen-bond acceptors (Lipinski definition) is 2. The van der Waals surface area contributed by atoms with Gasteiger partial charge in [-0.05, 0) is 58.7 Å². The van der Waals surface area contributed by atoms with Crippen LogP contribution in [0.5, 0.6) is 5.75 Å². The third kappa shape index (κ3) is 3.30. The first-order chi connectivity index (χ1) is 12.6. The Morgan fingerprint density at radius 1 is 1.04 bits per heavy atom. The van der Waals surface area contributed by atoms with Crippen LogP contribution in [0.15, 0.2) is 65.1 Å². The van der Waals surface area contributed by atoms with Crippen molar-refractivity contribution in [2.45, 2.75) is 6.92 Å². The van der Waals surface area contributed by atoms with Crippen molar-refractivity contribution in [3.05, 3.63) is 70.7 Å². The number of aromatic amines is 1. The molecule has 0 aliphatic carbocycles. The fourth-order valence-electron chi connectivity index (χ4n) is 2.98. The van der Waals surface area contributed by atoms with Gasteiger partial charge in [0.25, 0.3) is 5.91 Å². The summed E-state index contributed by atoms with van der Waals surface area (Å²) in [5.74, 6) is 0.452. The van der Waals surface area contributed by atoms with Crippen LogP contribution in [0.2, 0.25) is 0 Å². The number of carbonyl (C=O) groups excluding carboxylic acids is 1. The fourth-order valence-corrected chi connectivity index (χ4v) is 3.57. The minimum absolute atomic E-state index is 0.0496. The highest BCUT2D eigenvalue weighted by atomic mass is 79.9. The van der Waals surface area contributed by atoms with Crippen molar-refractivity contribution in [3.8, 4) is 5.75 Å². The van der Waals surface area contributed by atoms with Crippen LogP contribution in [-0.2, 0) is 4.79 Å². The van der Waals surface area contributed by atoms with E-state index in [1.807, 2.05) is 61.5 Å². The number of benzene rings is 3. The van der Waals surface area contributed by atoms with E-state index in [9.17, 15) is 4.79 Å². The van der Waals surface area contributed by atoms with Gasteiger partial charge in [0.05, 0.1) is 11.2 Å². The van der Waals surface area contributed by atoms with Gasteiger partial charge in [0.15, 0.2) is 6.61 Å². The van der Waals surface area contributed by atoms with Crippen molar-refractivity contribution in [1.29, 1.82) is 0 Å². The third-order valence-electron chi connectivity index (χ3n) is 4.25. The molecule has 0 fully saturated rings. The van der Waals surface area contributed by atoms with E-state index in [2.05, 4.69) is 32.3 Å². The molecule has 4 nitrogen and oxygen atoms in total. The van der Waals surface area contributed by atoms with Gasteiger partial charge in [-0.15, -0.1) is 0 Å². The molecule has 0 radical (unpaired) electrons. The Balaban J connectivity index is 1.47. The van der Waals surface area contributed by atoms with Gasteiger partial charge in [0.2, 0.25) is 0 Å². The number of fused-ring (bicyclic) bond motifs is 3. The number of para-hydroxylation sites is 1. The van der Waals surface area contributed by atoms with Crippen molar-refractivity contribution in [2.75, 3.05) is 11.9 Å². The van der Waals surface area contributed by atoms with E-state index >= 15 is 0 Å². The molecule has 0 aliphatic heterocycles. The number of anilines is 1. The van der Waals surface area contributed by atoms with Gasteiger partial charge in [-0.25, -0.2) is 0 Å². The number of amides is 1. The van der Waals surface area contributed by atoms with Crippen LogP contribution >= 0.6 is 15.9 Å². The summed E-state index contributed by atoms with van der Waals surface area (Å²) in [6.07, 6.45) is 0. The van der Waals surface area contributed by atoms with E-state index in [0.29, 0.717) is 5.75 Å². The fraction of sp³-hybridized carbons (Fsp3) is 0.0952. The number of carbonyl (C=O) groups is 1. The number of hydrogen-bond donors (Lipinski definition) is 2. The molecule has 1 aromatic heterocycles. The number of aromatic nitrogens is 1. The average molecular weight is 409 g/mol. The largest absolute Gasteiger partial charge is 0.484 e. The Bertz CT molecular complexity index is 1120. The molecule has 1 amide bonds. The van der Waals surface area contributed by atoms with Crippen molar-refractivity contribution in [1.82, 2.24) is 4.98 Å². The lowest BCUT2D eigenvalue weighted by Crippen LogP contribution is -2.20. The summed E-state index contributed by atoms with van der Waals surface area (Å²) in [5, 5.41) is 5.16. The number of nitrogens with one attached hydrogen (secondary N) is 2. The normalized spacial score (nSPS) is 11.0. The summed E-state index contributed by atoms with van der Waals surface area (Å²) in [6, 6.07) is 19.7. The lowest BCUT2D eigenvalue weighted by molar-refractivity contribution is -0.118. The van der Waals surface area contributed by atoms with Crippen LogP contribution in [0.3, 0.4) is 0 Å². The van der Waals surface area contributed by atoms with E-state index in [-0.39, 0.29) is 12.5 Å². The molecule has 4 aromatic rings. The quantitative estimate of drug-likeness (QED) is 0.474. The summed E-state index contributed by atoms with van der Waals surface area (Å²) < 4.78 is 6.51. The minimum atomic E-state index is -0.203. The Morgan fingerprint density at radius 3 is 2.69 bits per heavy atom. The predicted molar refractivity (Wildman–Crippen MR) is 109 cm³/mol. The van der Waals surface area contributed by atoms with Gasteiger partial charge in [-0.1, -0.05) is 24.3 Å². The Hall–Kier alpha value is -2.79. The second-order valence-electron chi connectivity index (χ2n) is 6.20. The Labute approximate surface area is 159 Å². The summed E-state index contributed by atoms with van der Waals surface area (Å²) in [7, 11) is 0. The highest BCUT2D eigenvalue weighted by molar-refractivity contribution is 9.10. The van der Waals surface area contributed by atoms with Crippen LogP contribution in [0.25, 0.3) is 21.8 Å². The SMILES string of the molecule is Cc1ccc(NC(=O)COc2ccc3c(c2)[nH]c2ccccc23)c(Br)c1. The molecule has 0 unspecified atom stereocenters. The predicted octanol–water partition coefficient (Wildman–Crippen LogP) is 5.41. The van der Waals surface area contributed by atoms with E-state index in [1.54, 1.807) is 0 Å².